The number of halogens is 1. The van der Waals surface area contributed by atoms with Gasteiger partial charge in [0.05, 0.1) is 42.3 Å². The van der Waals surface area contributed by atoms with Crippen LogP contribution in [0.25, 0.3) is 0 Å². The molecule has 0 aromatic rings. The van der Waals surface area contributed by atoms with Crippen LogP contribution in [-0.2, 0) is 18.6 Å². The van der Waals surface area contributed by atoms with Gasteiger partial charge in [-0.1, -0.05) is 0 Å². The van der Waals surface area contributed by atoms with Crippen LogP contribution in [0.3, 0.4) is 0 Å². The highest BCUT2D eigenvalue weighted by Crippen LogP contribution is 2.25. The molecule has 130 valence electrons. The fraction of sp³-hybridized carbons (Fsp3) is 0.833. The monoisotopic (exact) mass is 343 g/mol. The summed E-state index contributed by atoms with van der Waals surface area (Å²) in [5.41, 5.74) is -2.32. The molecule has 0 saturated carbocycles. The average molecular weight is 344 g/mol. The molecule has 10 heteroatoms. The summed E-state index contributed by atoms with van der Waals surface area (Å²) in [7, 11) is -0.207. The SMILES string of the molecule is CCOCCC(=O)C(CC(=O)[O-])(C[N+](C)(C)C)O[Cl+3]([O-])([O-])[O-]. The van der Waals surface area contributed by atoms with Crippen LogP contribution in [0.2, 0.25) is 0 Å². The van der Waals surface area contributed by atoms with Gasteiger partial charge in [0, 0.05) is 25.4 Å². The van der Waals surface area contributed by atoms with E-state index < -0.39 is 34.0 Å². The zero-order valence-corrected chi connectivity index (χ0v) is 13.9. The van der Waals surface area contributed by atoms with Crippen LogP contribution in [0.4, 0.5) is 0 Å². The van der Waals surface area contributed by atoms with Crippen molar-refractivity contribution in [2.45, 2.75) is 25.4 Å². The summed E-state index contributed by atoms with van der Waals surface area (Å²) in [5, 5.41) is 10.9. The van der Waals surface area contributed by atoms with Gasteiger partial charge in [-0.3, -0.25) is 4.79 Å². The van der Waals surface area contributed by atoms with Crippen LogP contribution < -0.4 is 19.1 Å². The molecule has 0 aliphatic rings. The fourth-order valence-corrected chi connectivity index (χ4v) is 2.61. The summed E-state index contributed by atoms with van der Waals surface area (Å²) < 4.78 is 42.2. The van der Waals surface area contributed by atoms with E-state index in [2.05, 4.69) is 4.29 Å². The standard InChI is InChI=1S/C12H22ClNO8/c1-5-21-7-6-10(15)12(8-11(16)17,9-14(2,3)4)22-13(18,19)20/h5-9H2,1-4H3. The average Bonchev–Trinajstić information content (AvgIpc) is 2.22. The molecule has 1 atom stereocenters. The topological polar surface area (TPSA) is 145 Å². The molecule has 9 nitrogen and oxygen atoms in total. The van der Waals surface area contributed by atoms with E-state index in [0.29, 0.717) is 6.61 Å². The smallest absolute Gasteiger partial charge is 0.333 e. The molecule has 0 N–H and O–H groups in total. The number of aliphatic carboxylic acids is 1. The Morgan fingerprint density at radius 2 is 1.73 bits per heavy atom. The van der Waals surface area contributed by atoms with E-state index >= 15 is 0 Å². The lowest BCUT2D eigenvalue weighted by atomic mass is 9.91. The van der Waals surface area contributed by atoms with Crippen molar-refractivity contribution < 1.29 is 52.4 Å². The lowest BCUT2D eigenvalue weighted by molar-refractivity contribution is -1.92. The highest BCUT2D eigenvalue weighted by Gasteiger charge is 2.56. The Morgan fingerprint density at radius 1 is 1.18 bits per heavy atom. The molecule has 1 unspecified atom stereocenters. The molecule has 0 aromatic carbocycles. The highest BCUT2D eigenvalue weighted by molar-refractivity contribution is 5.91. The van der Waals surface area contributed by atoms with Crippen molar-refractivity contribution in [2.24, 2.45) is 0 Å². The van der Waals surface area contributed by atoms with Gasteiger partial charge in [0.2, 0.25) is 0 Å². The Labute approximate surface area is 131 Å². The number of nitrogens with zero attached hydrogens (tertiary/aromatic N) is 1. The zero-order chi connectivity index (χ0) is 17.6. The van der Waals surface area contributed by atoms with Gasteiger partial charge in [0.1, 0.15) is 6.54 Å². The Bertz CT molecular complexity index is 372. The Balaban J connectivity index is 5.52. The molecule has 0 aliphatic heterocycles. The molecule has 22 heavy (non-hydrogen) atoms. The quantitative estimate of drug-likeness (QED) is 0.269. The number of carbonyl (C=O) groups is 2. The van der Waals surface area contributed by atoms with Gasteiger partial charge >= 0.3 is 5.60 Å². The van der Waals surface area contributed by atoms with E-state index in [-0.39, 0.29) is 24.1 Å². The maximum absolute atomic E-state index is 12.3. The third-order valence-electron chi connectivity index (χ3n) is 2.59. The largest absolute Gasteiger partial charge is 0.550 e. The summed E-state index contributed by atoms with van der Waals surface area (Å²) in [4.78, 5) is 23.3. The number of hydrogen-bond donors (Lipinski definition) is 0. The number of carbonyl (C=O) groups excluding carboxylic acids is 2. The third-order valence-corrected chi connectivity index (χ3v) is 3.07. The minimum atomic E-state index is -4.99. The first-order valence-electron chi connectivity index (χ1n) is 6.54. The number of hydrogen-bond acceptors (Lipinski definition) is 8. The first-order chi connectivity index (χ1) is 9.81. The molecule has 0 bridgehead atoms. The van der Waals surface area contributed by atoms with Crippen LogP contribution in [0.15, 0.2) is 0 Å². The third kappa shape index (κ3) is 8.59. The minimum absolute atomic E-state index is 0.00129. The van der Waals surface area contributed by atoms with Gasteiger partial charge in [-0.05, 0) is 6.92 Å². The van der Waals surface area contributed by atoms with Gasteiger partial charge < -0.3 is 19.1 Å². The number of quaternary nitrogens is 1. The second-order valence-corrected chi connectivity index (χ2v) is 6.73. The lowest BCUT2D eigenvalue weighted by Gasteiger charge is -2.34. The highest BCUT2D eigenvalue weighted by atomic mass is 35.7. The van der Waals surface area contributed by atoms with Gasteiger partial charge in [0.15, 0.2) is 5.78 Å². The summed E-state index contributed by atoms with van der Waals surface area (Å²) in [5.74, 6) is -2.54. The van der Waals surface area contributed by atoms with Crippen molar-refractivity contribution in [3.8, 4) is 0 Å². The van der Waals surface area contributed by atoms with Crippen LogP contribution in [0, 0.1) is 10.2 Å². The molecule has 0 radical (unpaired) electrons. The van der Waals surface area contributed by atoms with E-state index in [4.69, 9.17) is 4.74 Å². The van der Waals surface area contributed by atoms with Gasteiger partial charge in [0.25, 0.3) is 0 Å². The number of rotatable bonds is 11. The number of carboxylic acid groups (broad SMARTS) is 1. The first-order valence-corrected chi connectivity index (χ1v) is 7.77. The van der Waals surface area contributed by atoms with Crippen LogP contribution >= 0.6 is 0 Å². The maximum Gasteiger partial charge on any atom is 0.333 e. The molecule has 0 saturated heterocycles. The molecule has 0 aromatic heterocycles. The number of Topliss-reactive ketones (excluding diaryl/α,β-unsaturated/α-hetero) is 1. The summed E-state index contributed by atoms with van der Waals surface area (Å²) >= 11 is 0. The van der Waals surface area contributed by atoms with Crippen LogP contribution in [0.1, 0.15) is 19.8 Å². The van der Waals surface area contributed by atoms with Crippen molar-refractivity contribution in [3.05, 3.63) is 0 Å². The van der Waals surface area contributed by atoms with E-state index in [1.54, 1.807) is 28.1 Å². The number of carboxylic acids is 1. The molecule has 0 spiro atoms. The Kier molecular flexibility index (Phi) is 7.86. The molecule has 0 amide bonds. The fourth-order valence-electron chi connectivity index (χ4n) is 2.05. The van der Waals surface area contributed by atoms with Crippen molar-refractivity contribution in [1.29, 1.82) is 0 Å². The van der Waals surface area contributed by atoms with E-state index in [9.17, 15) is 28.7 Å². The van der Waals surface area contributed by atoms with Crippen LogP contribution in [0.5, 0.6) is 0 Å². The Morgan fingerprint density at radius 3 is 2.09 bits per heavy atom. The maximum atomic E-state index is 12.3. The number of ketones is 1. The molecule has 0 rings (SSSR count). The number of ether oxygens (including phenoxy) is 1. The molecular weight excluding hydrogens is 322 g/mol. The predicted octanol–water partition coefficient (Wildman–Crippen LogP) is -4.52. The molecule has 0 heterocycles. The second kappa shape index (κ2) is 8.16. The predicted molar refractivity (Wildman–Crippen MR) is 62.5 cm³/mol. The van der Waals surface area contributed by atoms with Gasteiger partial charge in [-0.2, -0.15) is 14.0 Å². The van der Waals surface area contributed by atoms with Gasteiger partial charge in [-0.15, -0.1) is 0 Å². The first kappa shape index (κ1) is 21.2. The van der Waals surface area contributed by atoms with Crippen molar-refractivity contribution in [2.75, 3.05) is 40.9 Å². The Hall–Kier alpha value is -0.810. The number of likely N-dealkylation sites (N-methyl/N-ethyl adjacent to an activating group) is 1. The normalized spacial score (nSPS) is 15.4. The molecule has 0 fully saturated rings. The van der Waals surface area contributed by atoms with Crippen molar-refractivity contribution >= 4 is 11.8 Å². The summed E-state index contributed by atoms with van der Waals surface area (Å²) in [6.07, 6.45) is -1.33. The lowest BCUT2D eigenvalue weighted by Crippen LogP contribution is -2.69. The second-order valence-electron chi connectivity index (χ2n) is 5.82. The minimum Gasteiger partial charge on any atom is -0.550 e. The summed E-state index contributed by atoms with van der Waals surface area (Å²) in [6.45, 7) is 1.65. The summed E-state index contributed by atoms with van der Waals surface area (Å²) in [6, 6.07) is 0. The van der Waals surface area contributed by atoms with E-state index in [0.717, 1.165) is 0 Å². The molecular formula is C12H22ClNO8. The van der Waals surface area contributed by atoms with E-state index in [1.165, 1.54) is 0 Å². The van der Waals surface area contributed by atoms with E-state index in [1.807, 2.05) is 0 Å². The van der Waals surface area contributed by atoms with Crippen molar-refractivity contribution in [1.82, 2.24) is 0 Å². The zero-order valence-electron chi connectivity index (χ0n) is 13.1. The molecule has 0 aliphatic carbocycles. The van der Waals surface area contributed by atoms with Crippen LogP contribution in [-0.4, -0.2) is 62.7 Å². The van der Waals surface area contributed by atoms with Crippen molar-refractivity contribution in [3.63, 3.8) is 0 Å². The van der Waals surface area contributed by atoms with Gasteiger partial charge in [-0.25, -0.2) is 0 Å².